The van der Waals surface area contributed by atoms with E-state index in [1.54, 1.807) is 0 Å². The summed E-state index contributed by atoms with van der Waals surface area (Å²) in [6, 6.07) is 18.0. The summed E-state index contributed by atoms with van der Waals surface area (Å²) in [5, 5.41) is 8.53. The molecule has 1 N–H and O–H groups in total. The Kier molecular flexibility index (Phi) is 5.22. The van der Waals surface area contributed by atoms with Crippen LogP contribution in [0, 0.1) is 0 Å². The van der Waals surface area contributed by atoms with Gasteiger partial charge in [0, 0.05) is 29.5 Å². The molecule has 4 rings (SSSR count). The number of carbonyl (C=O) groups excluding carboxylic acids is 1. The second kappa shape index (κ2) is 7.98. The minimum Gasteiger partial charge on any atom is -0.339 e. The van der Waals surface area contributed by atoms with Gasteiger partial charge in [-0.3, -0.25) is 4.79 Å². The number of amides is 1. The molecule has 0 spiro atoms. The average molecular weight is 411 g/mol. The smallest absolute Gasteiger partial charge is 0.339 e. The SMILES string of the molecule is O=C(CCc1nc(-c2cccc(C(F)(F)F)c2)no1)Nc1cccc2ccccc12. The van der Waals surface area contributed by atoms with E-state index in [9.17, 15) is 18.0 Å². The molecule has 0 bridgehead atoms. The zero-order valence-electron chi connectivity index (χ0n) is 15.6. The third kappa shape index (κ3) is 4.32. The lowest BCUT2D eigenvalue weighted by Crippen LogP contribution is -2.12. The van der Waals surface area contributed by atoms with Crippen LogP contribution in [-0.4, -0.2) is 16.0 Å². The fourth-order valence-electron chi connectivity index (χ4n) is 3.08. The normalized spacial score (nSPS) is 11.6. The summed E-state index contributed by atoms with van der Waals surface area (Å²) >= 11 is 0. The van der Waals surface area contributed by atoms with E-state index in [1.165, 1.54) is 12.1 Å². The predicted molar refractivity (Wildman–Crippen MR) is 106 cm³/mol. The molecule has 1 amide bonds. The van der Waals surface area contributed by atoms with Gasteiger partial charge in [0.15, 0.2) is 0 Å². The van der Waals surface area contributed by atoms with E-state index in [4.69, 9.17) is 4.52 Å². The van der Waals surface area contributed by atoms with Gasteiger partial charge in [-0.15, -0.1) is 0 Å². The lowest BCUT2D eigenvalue weighted by Gasteiger charge is -2.08. The fourth-order valence-corrected chi connectivity index (χ4v) is 3.08. The maximum atomic E-state index is 12.9. The van der Waals surface area contributed by atoms with Crippen LogP contribution in [0.1, 0.15) is 17.9 Å². The number of carbonyl (C=O) groups is 1. The monoisotopic (exact) mass is 411 g/mol. The third-order valence-corrected chi connectivity index (χ3v) is 4.55. The van der Waals surface area contributed by atoms with Gasteiger partial charge in [0.05, 0.1) is 5.56 Å². The molecule has 0 saturated heterocycles. The second-order valence-electron chi connectivity index (χ2n) is 6.67. The van der Waals surface area contributed by atoms with Crippen LogP contribution in [0.15, 0.2) is 71.3 Å². The van der Waals surface area contributed by atoms with E-state index in [0.717, 1.165) is 22.9 Å². The van der Waals surface area contributed by atoms with Gasteiger partial charge in [0.1, 0.15) is 0 Å². The molecule has 152 valence electrons. The van der Waals surface area contributed by atoms with Crippen molar-refractivity contribution in [2.75, 3.05) is 5.32 Å². The van der Waals surface area contributed by atoms with Crippen molar-refractivity contribution in [2.45, 2.75) is 19.0 Å². The first kappa shape index (κ1) is 19.6. The van der Waals surface area contributed by atoms with Crippen LogP contribution in [0.4, 0.5) is 18.9 Å². The molecule has 0 fully saturated rings. The average Bonchev–Trinajstić information content (AvgIpc) is 3.21. The van der Waals surface area contributed by atoms with Crippen molar-refractivity contribution >= 4 is 22.4 Å². The van der Waals surface area contributed by atoms with E-state index in [2.05, 4.69) is 15.5 Å². The predicted octanol–water partition coefficient (Wildman–Crippen LogP) is 5.48. The zero-order valence-corrected chi connectivity index (χ0v) is 15.6. The van der Waals surface area contributed by atoms with Crippen molar-refractivity contribution in [3.63, 3.8) is 0 Å². The first-order valence-electron chi connectivity index (χ1n) is 9.18. The summed E-state index contributed by atoms with van der Waals surface area (Å²) in [7, 11) is 0. The number of aromatic nitrogens is 2. The van der Waals surface area contributed by atoms with Crippen LogP contribution in [-0.2, 0) is 17.4 Å². The van der Waals surface area contributed by atoms with Crippen molar-refractivity contribution in [3.05, 3.63) is 78.2 Å². The maximum absolute atomic E-state index is 12.9. The molecular weight excluding hydrogens is 395 g/mol. The quantitative estimate of drug-likeness (QED) is 0.472. The first-order chi connectivity index (χ1) is 14.4. The molecule has 0 aliphatic heterocycles. The molecular formula is C22H16F3N3O2. The highest BCUT2D eigenvalue weighted by molar-refractivity contribution is 6.02. The van der Waals surface area contributed by atoms with Gasteiger partial charge in [-0.25, -0.2) is 0 Å². The van der Waals surface area contributed by atoms with Gasteiger partial charge in [-0.05, 0) is 23.6 Å². The zero-order chi connectivity index (χ0) is 21.1. The van der Waals surface area contributed by atoms with Crippen molar-refractivity contribution < 1.29 is 22.5 Å². The molecule has 0 aliphatic carbocycles. The Morgan fingerprint density at radius 1 is 1.00 bits per heavy atom. The van der Waals surface area contributed by atoms with Crippen molar-refractivity contribution in [3.8, 4) is 11.4 Å². The number of hydrogen-bond acceptors (Lipinski definition) is 4. The van der Waals surface area contributed by atoms with Crippen LogP contribution in [0.25, 0.3) is 22.2 Å². The van der Waals surface area contributed by atoms with Gasteiger partial charge < -0.3 is 9.84 Å². The van der Waals surface area contributed by atoms with E-state index >= 15 is 0 Å². The summed E-state index contributed by atoms with van der Waals surface area (Å²) < 4.78 is 43.7. The minimum atomic E-state index is -4.46. The maximum Gasteiger partial charge on any atom is 0.416 e. The Morgan fingerprint density at radius 2 is 1.77 bits per heavy atom. The van der Waals surface area contributed by atoms with E-state index in [0.29, 0.717) is 5.69 Å². The number of aryl methyl sites for hydroxylation is 1. The molecule has 0 saturated carbocycles. The summed E-state index contributed by atoms with van der Waals surface area (Å²) in [5.74, 6) is -0.00813. The molecule has 0 radical (unpaired) electrons. The largest absolute Gasteiger partial charge is 0.416 e. The number of benzene rings is 3. The highest BCUT2D eigenvalue weighted by atomic mass is 19.4. The molecule has 3 aromatic carbocycles. The molecule has 1 heterocycles. The molecule has 0 unspecified atom stereocenters. The van der Waals surface area contributed by atoms with E-state index in [1.807, 2.05) is 42.5 Å². The first-order valence-corrected chi connectivity index (χ1v) is 9.18. The summed E-state index contributed by atoms with van der Waals surface area (Å²) in [6.07, 6.45) is -4.20. The highest BCUT2D eigenvalue weighted by Crippen LogP contribution is 2.31. The van der Waals surface area contributed by atoms with E-state index < -0.39 is 11.7 Å². The molecule has 8 heteroatoms. The number of rotatable bonds is 5. The number of halogens is 3. The molecule has 30 heavy (non-hydrogen) atoms. The molecule has 0 atom stereocenters. The second-order valence-corrected chi connectivity index (χ2v) is 6.67. The third-order valence-electron chi connectivity index (χ3n) is 4.55. The standard InChI is InChI=1S/C22H16F3N3O2/c23-22(24,25)16-8-3-7-15(13-16)21-27-20(30-28-21)12-11-19(29)26-18-10-4-6-14-5-1-2-9-17(14)18/h1-10,13H,11-12H2,(H,26,29). The van der Waals surface area contributed by atoms with Crippen LogP contribution >= 0.6 is 0 Å². The minimum absolute atomic E-state index is 0.0468. The number of alkyl halides is 3. The van der Waals surface area contributed by atoms with E-state index in [-0.39, 0.29) is 36.0 Å². The van der Waals surface area contributed by atoms with Crippen molar-refractivity contribution in [1.82, 2.24) is 10.1 Å². The number of nitrogens with one attached hydrogen (secondary N) is 1. The van der Waals surface area contributed by atoms with Crippen LogP contribution < -0.4 is 5.32 Å². The Bertz CT molecular complexity index is 1200. The number of fused-ring (bicyclic) bond motifs is 1. The Morgan fingerprint density at radius 3 is 2.60 bits per heavy atom. The van der Waals surface area contributed by atoms with Gasteiger partial charge in [-0.1, -0.05) is 53.7 Å². The van der Waals surface area contributed by atoms with Crippen LogP contribution in [0.5, 0.6) is 0 Å². The number of anilines is 1. The van der Waals surface area contributed by atoms with Gasteiger partial charge in [-0.2, -0.15) is 18.2 Å². The summed E-state index contributed by atoms with van der Waals surface area (Å²) in [5.41, 5.74) is 0.106. The molecule has 1 aromatic heterocycles. The lowest BCUT2D eigenvalue weighted by molar-refractivity contribution is -0.137. The topological polar surface area (TPSA) is 68.0 Å². The van der Waals surface area contributed by atoms with Crippen molar-refractivity contribution in [1.29, 1.82) is 0 Å². The number of hydrogen-bond donors (Lipinski definition) is 1. The lowest BCUT2D eigenvalue weighted by atomic mass is 10.1. The molecule has 4 aromatic rings. The Hall–Kier alpha value is -3.68. The highest BCUT2D eigenvalue weighted by Gasteiger charge is 2.30. The van der Waals surface area contributed by atoms with Gasteiger partial charge in [0.2, 0.25) is 17.6 Å². The van der Waals surface area contributed by atoms with Gasteiger partial charge >= 0.3 is 6.18 Å². The van der Waals surface area contributed by atoms with Crippen LogP contribution in [0.2, 0.25) is 0 Å². The van der Waals surface area contributed by atoms with Crippen LogP contribution in [0.3, 0.4) is 0 Å². The van der Waals surface area contributed by atoms with Gasteiger partial charge in [0.25, 0.3) is 0 Å². The van der Waals surface area contributed by atoms with Crippen molar-refractivity contribution in [2.24, 2.45) is 0 Å². The fraction of sp³-hybridized carbons (Fsp3) is 0.136. The molecule has 5 nitrogen and oxygen atoms in total. The summed E-state index contributed by atoms with van der Waals surface area (Å²) in [6.45, 7) is 0. The number of nitrogens with zero attached hydrogens (tertiary/aromatic N) is 2. The molecule has 0 aliphatic rings. The Balaban J connectivity index is 1.42. The summed E-state index contributed by atoms with van der Waals surface area (Å²) in [4.78, 5) is 16.4. The Labute approximate surface area is 169 Å².